The number of fused-ring (bicyclic) bond motifs is 3. The number of H-pyrrole nitrogens is 3. The summed E-state index contributed by atoms with van der Waals surface area (Å²) in [6.07, 6.45) is 12.8. The van der Waals surface area contributed by atoms with Crippen LogP contribution < -0.4 is 35.9 Å². The topological polar surface area (TPSA) is 395 Å². The van der Waals surface area contributed by atoms with Gasteiger partial charge < -0.3 is 84.5 Å². The van der Waals surface area contributed by atoms with Crippen LogP contribution >= 0.6 is 0 Å². The van der Waals surface area contributed by atoms with Gasteiger partial charge in [-0.05, 0) is 186 Å². The first-order chi connectivity index (χ1) is 53.6. The molecule has 9 aliphatic rings. The van der Waals surface area contributed by atoms with E-state index in [4.69, 9.17) is 38.9 Å². The predicted octanol–water partition coefficient (Wildman–Crippen LogP) is 7.48. The Kier molecular flexibility index (Phi) is 24.3. The van der Waals surface area contributed by atoms with Crippen LogP contribution in [-0.2, 0) is 57.3 Å². The highest BCUT2D eigenvalue weighted by atomic mass is 16.5. The lowest BCUT2D eigenvalue weighted by Gasteiger charge is -2.32. The van der Waals surface area contributed by atoms with Gasteiger partial charge in [0.2, 0.25) is 23.6 Å². The van der Waals surface area contributed by atoms with Crippen molar-refractivity contribution in [2.75, 3.05) is 87.7 Å². The van der Waals surface area contributed by atoms with E-state index in [-0.39, 0.29) is 87.8 Å². The monoisotopic (exact) mass is 1530 g/mol. The molecule has 6 aliphatic heterocycles. The van der Waals surface area contributed by atoms with Crippen molar-refractivity contribution in [1.29, 1.82) is 5.26 Å². The van der Waals surface area contributed by atoms with Gasteiger partial charge in [-0.25, -0.2) is 4.79 Å². The number of amides is 7. The number of ketones is 3. The number of nitriles is 1. The van der Waals surface area contributed by atoms with Crippen LogP contribution in [0.15, 0.2) is 72.8 Å². The highest BCUT2D eigenvalue weighted by molar-refractivity contribution is 6.05. The van der Waals surface area contributed by atoms with Crippen molar-refractivity contribution in [2.45, 2.75) is 171 Å². The van der Waals surface area contributed by atoms with E-state index in [1.807, 2.05) is 54.6 Å². The van der Waals surface area contributed by atoms with Gasteiger partial charge in [0.15, 0.2) is 0 Å². The van der Waals surface area contributed by atoms with Crippen LogP contribution in [0.3, 0.4) is 0 Å². The molecule has 0 bridgehead atoms. The number of aromatic nitrogens is 3. The van der Waals surface area contributed by atoms with E-state index in [0.29, 0.717) is 151 Å². The molecule has 3 aromatic heterocycles. The average Bonchev–Trinajstić information content (AvgIpc) is 1.62. The Morgan fingerprint density at radius 2 is 0.820 bits per heavy atom. The number of nitrogens with zero attached hydrogens (tertiary/aromatic N) is 4. The normalized spacial score (nSPS) is 23.8. The second kappa shape index (κ2) is 34.2. The zero-order valence-electron chi connectivity index (χ0n) is 63.6. The van der Waals surface area contributed by atoms with Gasteiger partial charge in [0.1, 0.15) is 87.9 Å². The molecule has 3 aromatic carbocycles. The van der Waals surface area contributed by atoms with Crippen molar-refractivity contribution in [3.05, 3.63) is 89.9 Å². The number of methoxy groups -OCH3 is 4. The summed E-state index contributed by atoms with van der Waals surface area (Å²) in [5, 5.41) is 20.5. The van der Waals surface area contributed by atoms with Crippen molar-refractivity contribution in [2.24, 2.45) is 39.7 Å². The van der Waals surface area contributed by atoms with Gasteiger partial charge in [-0.3, -0.25) is 47.9 Å². The number of carbonyl (C=O) groups is 11. The average molecular weight is 1530 g/mol. The first kappa shape index (κ1) is 78.9. The smallest absolute Gasteiger partial charge is 0.328 e. The highest BCUT2D eigenvalue weighted by Crippen LogP contribution is 2.48. The van der Waals surface area contributed by atoms with Gasteiger partial charge in [-0.1, -0.05) is 18.2 Å². The van der Waals surface area contributed by atoms with Gasteiger partial charge >= 0.3 is 5.97 Å². The molecule has 592 valence electrons. The number of likely N-dealkylation sites (tertiary alicyclic amines) is 3. The first-order valence-corrected chi connectivity index (χ1v) is 39.0. The summed E-state index contributed by atoms with van der Waals surface area (Å²) in [4.78, 5) is 158. The molecule has 3 saturated carbocycles. The lowest BCUT2D eigenvalue weighted by molar-refractivity contribution is -0.146. The Balaban J connectivity index is 0.000000146. The van der Waals surface area contributed by atoms with E-state index < -0.39 is 59.9 Å². The van der Waals surface area contributed by atoms with Crippen LogP contribution in [-0.4, -0.2) is 218 Å². The Bertz CT molecular complexity index is 4550. The largest absolute Gasteiger partial charge is 0.496 e. The summed E-state index contributed by atoms with van der Waals surface area (Å²) < 4.78 is 38.0. The maximum Gasteiger partial charge on any atom is 0.328 e. The zero-order chi connectivity index (χ0) is 78.3. The van der Waals surface area contributed by atoms with E-state index >= 15 is 0 Å². The van der Waals surface area contributed by atoms with Crippen LogP contribution in [0.1, 0.15) is 166 Å². The molecule has 3 spiro atoms. The molecule has 29 heteroatoms. The SMILES string of the molecule is COC(=O)[C@H](C[C@@H]1CCCC1=O)NC(=O)C1CC2(CCOCC2)CN1C(=O)c1cc2c(OC)cccc2[nH]1.COc1cccc2[nH]c(C(=O)N3CC4(CCOCC4)CC3C(=O)N[C@@H](C[C@@H]3CCCC3=O)C(N)=O)cc12.COc1cccc2[nH]c(C(=O)N3CC4(CCOCC4)CC3C(=O)N[C@H](C#N)C[C@@H]3CCCC3=O)cc12. The number of benzene rings is 3. The summed E-state index contributed by atoms with van der Waals surface area (Å²) in [5.41, 5.74) is 8.40. The van der Waals surface area contributed by atoms with Crippen LogP contribution in [0.4, 0.5) is 0 Å². The highest BCUT2D eigenvalue weighted by Gasteiger charge is 2.54. The number of hydrogen-bond acceptors (Lipinski definition) is 19. The van der Waals surface area contributed by atoms with E-state index in [9.17, 15) is 58.0 Å². The minimum atomic E-state index is -0.958. The maximum atomic E-state index is 13.9. The first-order valence-electron chi connectivity index (χ1n) is 39.0. The number of hydrogen-bond donors (Lipinski definition) is 7. The second-order valence-corrected chi connectivity index (χ2v) is 31.7. The van der Waals surface area contributed by atoms with E-state index in [2.05, 4.69) is 37.0 Å². The fourth-order valence-corrected chi connectivity index (χ4v) is 18.6. The van der Waals surface area contributed by atoms with Crippen LogP contribution in [0.5, 0.6) is 17.2 Å². The van der Waals surface area contributed by atoms with Crippen molar-refractivity contribution < 1.29 is 85.9 Å². The summed E-state index contributed by atoms with van der Waals surface area (Å²) in [6, 6.07) is 19.2. The van der Waals surface area contributed by atoms with E-state index in [0.717, 1.165) is 96.9 Å². The minimum absolute atomic E-state index is 0.105. The quantitative estimate of drug-likeness (QED) is 0.0364. The van der Waals surface area contributed by atoms with E-state index in [1.54, 1.807) is 54.2 Å². The number of ether oxygens (including phenoxy) is 7. The Labute approximate surface area is 643 Å². The van der Waals surface area contributed by atoms with Gasteiger partial charge in [-0.15, -0.1) is 0 Å². The molecule has 7 amide bonds. The summed E-state index contributed by atoms with van der Waals surface area (Å²) in [7, 11) is 6.01. The Morgan fingerprint density at radius 3 is 1.13 bits per heavy atom. The van der Waals surface area contributed by atoms with Crippen LogP contribution in [0.25, 0.3) is 32.7 Å². The molecule has 3 aliphatic carbocycles. The molecule has 3 unspecified atom stereocenters. The molecule has 111 heavy (non-hydrogen) atoms. The summed E-state index contributed by atoms with van der Waals surface area (Å²) >= 11 is 0. The molecule has 9 fully saturated rings. The Morgan fingerprint density at radius 1 is 0.495 bits per heavy atom. The lowest BCUT2D eigenvalue weighted by Crippen LogP contribution is -2.53. The predicted molar refractivity (Wildman–Crippen MR) is 404 cm³/mol. The fourth-order valence-electron chi connectivity index (χ4n) is 18.6. The van der Waals surface area contributed by atoms with Crippen molar-refractivity contribution in [3.8, 4) is 23.3 Å². The molecule has 9 heterocycles. The van der Waals surface area contributed by atoms with Gasteiger partial charge in [0.25, 0.3) is 17.7 Å². The molecule has 29 nitrogen and oxygen atoms in total. The van der Waals surface area contributed by atoms with Crippen molar-refractivity contribution in [3.63, 3.8) is 0 Å². The van der Waals surface area contributed by atoms with E-state index in [1.165, 1.54) is 7.11 Å². The van der Waals surface area contributed by atoms with Gasteiger partial charge in [0.05, 0.1) is 34.5 Å². The number of primary amides is 1. The fraction of sp³-hybridized carbons (Fsp3) is 0.561. The number of Topliss-reactive ketones (excluding diaryl/α,β-unsaturated/α-hetero) is 3. The third kappa shape index (κ3) is 17.2. The van der Waals surface area contributed by atoms with Crippen LogP contribution in [0, 0.1) is 45.3 Å². The molecule has 9 atom stereocenters. The number of aromatic amines is 3. The van der Waals surface area contributed by atoms with Crippen LogP contribution in [0.2, 0.25) is 0 Å². The number of rotatable bonds is 20. The number of nitrogens with two attached hydrogens (primary N) is 1. The number of nitrogens with one attached hydrogen (secondary N) is 6. The lowest BCUT2D eigenvalue weighted by atomic mass is 9.78. The molecule has 6 saturated heterocycles. The summed E-state index contributed by atoms with van der Waals surface area (Å²) in [6.45, 7) is 4.81. The molecule has 15 rings (SSSR count). The third-order valence-corrected chi connectivity index (χ3v) is 24.9. The molecule has 8 N–H and O–H groups in total. The molecule has 6 aromatic rings. The van der Waals surface area contributed by atoms with Crippen molar-refractivity contribution in [1.82, 2.24) is 45.6 Å². The minimum Gasteiger partial charge on any atom is -0.496 e. The second-order valence-electron chi connectivity index (χ2n) is 31.7. The number of esters is 1. The number of carbonyl (C=O) groups excluding carboxylic acids is 11. The molecular weight excluding hydrogens is 1430 g/mol. The maximum absolute atomic E-state index is 13.9. The zero-order valence-corrected chi connectivity index (χ0v) is 63.6. The van der Waals surface area contributed by atoms with Gasteiger partial charge in [-0.2, -0.15) is 5.26 Å². The molecule has 0 radical (unpaired) electrons. The third-order valence-electron chi connectivity index (χ3n) is 24.9. The standard InChI is InChI=1S/C28H35N3O7.C27H34N4O6.C27H32N4O5/c1-36-24-8-4-6-19-18(24)14-20(29-19)26(34)31-16-28(9-11-38-12-10-28)15-22(31)25(33)30-21(27(35)37-2)13-17-5-3-7-23(17)32;1-36-23-7-3-5-18-17(23)13-20(29-18)26(35)31-15-27(8-10-37-11-9-27)14-21(31)25(34)30-19(24(28)33)12-16-4-2-6-22(16)32;1-35-24-7-3-5-20-19(24)13-21(30-20)26(34)31-16-27(8-10-36-11-9-27)14-22(31)25(33)29-18(15-28)12-17-4-2-6-23(17)32/h4,6,8,14,17,21-22,29H,3,5,7,9-13,15-16H2,1-2H3,(H,30,33);3,5,7,13,16,19,21,29H,2,4,6,8-12,14-15H2,1H3,(H2,28,33)(H,30,34);3,5,7,13,17-18,22,30H,2,4,6,8-12,14,16H2,1H3,(H,29,33)/t17-,21-,22?;16-,19-,21?;17-,18-,22?/m000/s1. The molecular formula is C82H101N11O18. The van der Waals surface area contributed by atoms with Crippen molar-refractivity contribution >= 4 is 97.4 Å². The summed E-state index contributed by atoms with van der Waals surface area (Å²) in [5.74, 6) is -1.63. The van der Waals surface area contributed by atoms with Gasteiger partial charge in [0, 0.05) is 129 Å². The Hall–Kier alpha value is -10.2.